The molecule has 1 amide bonds. The van der Waals surface area contributed by atoms with Gasteiger partial charge in [0.25, 0.3) is 0 Å². The minimum absolute atomic E-state index is 0.0428. The Bertz CT molecular complexity index is 618. The number of rotatable bonds is 6. The summed E-state index contributed by atoms with van der Waals surface area (Å²) in [5, 5.41) is 0.988. The van der Waals surface area contributed by atoms with Crippen molar-refractivity contribution in [1.82, 2.24) is 14.9 Å². The number of hydrogen-bond donors (Lipinski definition) is 0. The maximum Gasteiger partial charge on any atom is 0.226 e. The van der Waals surface area contributed by atoms with Crippen LogP contribution in [0.4, 0.5) is 0 Å². The van der Waals surface area contributed by atoms with Crippen molar-refractivity contribution in [2.45, 2.75) is 13.0 Å². The Morgan fingerprint density at radius 2 is 1.95 bits per heavy atom. The lowest BCUT2D eigenvalue weighted by atomic mass is 10.3. The second-order valence-corrected chi connectivity index (χ2v) is 5.52. The SMILES string of the molecule is CN(Cc1cnccn1)C(=O)CCOc1cc(Cl)cc(Cl)c1. The van der Waals surface area contributed by atoms with Gasteiger partial charge in [0.1, 0.15) is 5.75 Å². The van der Waals surface area contributed by atoms with E-state index >= 15 is 0 Å². The van der Waals surface area contributed by atoms with Crippen LogP contribution in [-0.4, -0.2) is 34.4 Å². The van der Waals surface area contributed by atoms with E-state index in [9.17, 15) is 4.79 Å². The second-order valence-electron chi connectivity index (χ2n) is 4.65. The highest BCUT2D eigenvalue weighted by molar-refractivity contribution is 6.34. The van der Waals surface area contributed by atoms with E-state index in [-0.39, 0.29) is 18.9 Å². The summed E-state index contributed by atoms with van der Waals surface area (Å²) in [5.41, 5.74) is 0.737. The van der Waals surface area contributed by atoms with Crippen molar-refractivity contribution in [1.29, 1.82) is 0 Å². The first kappa shape index (κ1) is 16.5. The molecule has 0 spiro atoms. The van der Waals surface area contributed by atoms with E-state index in [2.05, 4.69) is 9.97 Å². The van der Waals surface area contributed by atoms with Crippen molar-refractivity contribution >= 4 is 29.1 Å². The van der Waals surface area contributed by atoms with Gasteiger partial charge in [0.05, 0.1) is 31.5 Å². The summed E-state index contributed by atoms with van der Waals surface area (Å²) in [6.45, 7) is 0.663. The Hall–Kier alpha value is -1.85. The second kappa shape index (κ2) is 7.96. The molecule has 0 bridgehead atoms. The average molecular weight is 340 g/mol. The average Bonchev–Trinajstić information content (AvgIpc) is 2.47. The molecule has 0 saturated carbocycles. The van der Waals surface area contributed by atoms with Crippen LogP contribution in [0.1, 0.15) is 12.1 Å². The largest absolute Gasteiger partial charge is 0.493 e. The Labute approximate surface area is 138 Å². The van der Waals surface area contributed by atoms with Crippen molar-refractivity contribution in [2.24, 2.45) is 0 Å². The molecule has 0 atom stereocenters. The summed E-state index contributed by atoms with van der Waals surface area (Å²) in [4.78, 5) is 21.7. The summed E-state index contributed by atoms with van der Waals surface area (Å²) in [5.74, 6) is 0.501. The molecule has 0 N–H and O–H groups in total. The third-order valence-electron chi connectivity index (χ3n) is 2.86. The maximum atomic E-state index is 12.0. The van der Waals surface area contributed by atoms with Crippen LogP contribution in [0.3, 0.4) is 0 Å². The fourth-order valence-corrected chi connectivity index (χ4v) is 2.31. The normalized spacial score (nSPS) is 10.3. The predicted octanol–water partition coefficient (Wildman–Crippen LogP) is 3.21. The van der Waals surface area contributed by atoms with Crippen molar-refractivity contribution in [3.63, 3.8) is 0 Å². The third-order valence-corrected chi connectivity index (χ3v) is 3.30. The van der Waals surface area contributed by atoms with Crippen LogP contribution in [0, 0.1) is 0 Å². The summed E-state index contributed by atoms with van der Waals surface area (Å²) < 4.78 is 5.49. The molecular weight excluding hydrogens is 325 g/mol. The number of hydrogen-bond acceptors (Lipinski definition) is 4. The molecule has 1 aromatic carbocycles. The van der Waals surface area contributed by atoms with Crippen LogP contribution in [0.25, 0.3) is 0 Å². The lowest BCUT2D eigenvalue weighted by molar-refractivity contribution is -0.131. The summed E-state index contributed by atoms with van der Waals surface area (Å²) in [6, 6.07) is 4.93. The molecule has 22 heavy (non-hydrogen) atoms. The molecule has 1 aromatic heterocycles. The van der Waals surface area contributed by atoms with Crippen molar-refractivity contribution in [2.75, 3.05) is 13.7 Å². The van der Waals surface area contributed by atoms with Gasteiger partial charge in [-0.15, -0.1) is 0 Å². The van der Waals surface area contributed by atoms with E-state index in [1.807, 2.05) is 0 Å². The van der Waals surface area contributed by atoms with Crippen molar-refractivity contribution in [3.8, 4) is 5.75 Å². The van der Waals surface area contributed by atoms with Gasteiger partial charge >= 0.3 is 0 Å². The van der Waals surface area contributed by atoms with E-state index in [0.29, 0.717) is 22.3 Å². The van der Waals surface area contributed by atoms with Crippen LogP contribution >= 0.6 is 23.2 Å². The predicted molar refractivity (Wildman–Crippen MR) is 85.1 cm³/mol. The molecule has 2 rings (SSSR count). The number of carbonyl (C=O) groups is 1. The molecule has 0 saturated heterocycles. The van der Waals surface area contributed by atoms with E-state index < -0.39 is 0 Å². The van der Waals surface area contributed by atoms with Gasteiger partial charge in [-0.1, -0.05) is 23.2 Å². The van der Waals surface area contributed by atoms with E-state index in [4.69, 9.17) is 27.9 Å². The van der Waals surface area contributed by atoms with Gasteiger partial charge < -0.3 is 9.64 Å². The Kier molecular flexibility index (Phi) is 5.98. The Morgan fingerprint density at radius 3 is 2.59 bits per heavy atom. The van der Waals surface area contributed by atoms with Gasteiger partial charge in [-0.25, -0.2) is 0 Å². The third kappa shape index (κ3) is 5.16. The van der Waals surface area contributed by atoms with Crippen LogP contribution < -0.4 is 4.74 Å². The minimum Gasteiger partial charge on any atom is -0.493 e. The molecule has 0 aliphatic rings. The molecule has 1 heterocycles. The highest BCUT2D eigenvalue weighted by Gasteiger charge is 2.10. The number of carbonyl (C=O) groups excluding carboxylic acids is 1. The minimum atomic E-state index is -0.0428. The lowest BCUT2D eigenvalue weighted by Gasteiger charge is -2.16. The highest BCUT2D eigenvalue weighted by Crippen LogP contribution is 2.24. The van der Waals surface area contributed by atoms with Gasteiger partial charge in [-0.3, -0.25) is 14.8 Å². The number of nitrogens with zero attached hydrogens (tertiary/aromatic N) is 3. The van der Waals surface area contributed by atoms with E-state index in [0.717, 1.165) is 5.69 Å². The van der Waals surface area contributed by atoms with Crippen LogP contribution in [-0.2, 0) is 11.3 Å². The zero-order chi connectivity index (χ0) is 15.9. The van der Waals surface area contributed by atoms with Crippen LogP contribution in [0.5, 0.6) is 5.75 Å². The number of amides is 1. The molecule has 116 valence electrons. The first-order chi connectivity index (χ1) is 10.5. The highest BCUT2D eigenvalue weighted by atomic mass is 35.5. The Balaban J connectivity index is 1.79. The molecule has 0 aliphatic carbocycles. The number of aromatic nitrogens is 2. The Morgan fingerprint density at radius 1 is 1.23 bits per heavy atom. The van der Waals surface area contributed by atoms with Gasteiger partial charge in [-0.2, -0.15) is 0 Å². The lowest BCUT2D eigenvalue weighted by Crippen LogP contribution is -2.27. The van der Waals surface area contributed by atoms with Crippen molar-refractivity contribution in [3.05, 3.63) is 52.5 Å². The molecule has 0 aliphatic heterocycles. The van der Waals surface area contributed by atoms with Crippen LogP contribution in [0.2, 0.25) is 10.0 Å². The number of halogens is 2. The topological polar surface area (TPSA) is 55.3 Å². The first-order valence-corrected chi connectivity index (χ1v) is 7.38. The smallest absolute Gasteiger partial charge is 0.226 e. The molecule has 0 radical (unpaired) electrons. The molecular formula is C15H15Cl2N3O2. The monoisotopic (exact) mass is 339 g/mol. The summed E-state index contributed by atoms with van der Waals surface area (Å²) >= 11 is 11.8. The van der Waals surface area contributed by atoms with Crippen molar-refractivity contribution < 1.29 is 9.53 Å². The number of benzene rings is 1. The first-order valence-electron chi connectivity index (χ1n) is 6.62. The van der Waals surface area contributed by atoms with Crippen LogP contribution in [0.15, 0.2) is 36.8 Å². The van der Waals surface area contributed by atoms with Gasteiger partial charge in [-0.05, 0) is 18.2 Å². The quantitative estimate of drug-likeness (QED) is 0.810. The maximum absolute atomic E-state index is 12.0. The van der Waals surface area contributed by atoms with Gasteiger partial charge in [0.2, 0.25) is 5.91 Å². The molecule has 0 unspecified atom stereocenters. The fourth-order valence-electron chi connectivity index (χ4n) is 1.80. The summed E-state index contributed by atoms with van der Waals surface area (Å²) in [6.07, 6.45) is 5.07. The standard InChI is InChI=1S/C15H15Cl2N3O2/c1-20(10-13-9-18-3-4-19-13)15(21)2-5-22-14-7-11(16)6-12(17)8-14/h3-4,6-9H,2,5,10H2,1H3. The number of ether oxygens (including phenoxy) is 1. The molecule has 5 nitrogen and oxygen atoms in total. The molecule has 2 aromatic rings. The molecule has 7 heteroatoms. The van der Waals surface area contributed by atoms with E-state index in [1.54, 1.807) is 48.7 Å². The van der Waals surface area contributed by atoms with Gasteiger partial charge in [0.15, 0.2) is 0 Å². The molecule has 0 fully saturated rings. The zero-order valence-corrected chi connectivity index (χ0v) is 13.5. The zero-order valence-electron chi connectivity index (χ0n) is 12.0. The fraction of sp³-hybridized carbons (Fsp3) is 0.267. The summed E-state index contributed by atoms with van der Waals surface area (Å²) in [7, 11) is 1.72. The van der Waals surface area contributed by atoms with Gasteiger partial charge in [0, 0.05) is 29.5 Å². The van der Waals surface area contributed by atoms with E-state index in [1.165, 1.54) is 0 Å².